The molecule has 1 aromatic carbocycles. The van der Waals surface area contributed by atoms with Gasteiger partial charge < -0.3 is 15.4 Å². The number of anilines is 1. The lowest BCUT2D eigenvalue weighted by Crippen LogP contribution is -2.21. The van der Waals surface area contributed by atoms with Gasteiger partial charge in [0.25, 0.3) is 0 Å². The third-order valence-electron chi connectivity index (χ3n) is 2.45. The van der Waals surface area contributed by atoms with Gasteiger partial charge in [0.05, 0.1) is 12.2 Å². The first kappa shape index (κ1) is 14.0. The summed E-state index contributed by atoms with van der Waals surface area (Å²) in [6.45, 7) is 0.215. The Hall–Kier alpha value is -2.04. The van der Waals surface area contributed by atoms with Gasteiger partial charge in [-0.3, -0.25) is 4.79 Å². The average Bonchev–Trinajstić information content (AvgIpc) is 2.34. The number of ether oxygens (including phenoxy) is 1. The van der Waals surface area contributed by atoms with Crippen molar-refractivity contribution in [3.8, 4) is 0 Å². The van der Waals surface area contributed by atoms with Gasteiger partial charge in [0.2, 0.25) is 5.91 Å². The zero-order valence-corrected chi connectivity index (χ0v) is 10.7. The van der Waals surface area contributed by atoms with E-state index in [-0.39, 0.29) is 12.5 Å². The van der Waals surface area contributed by atoms with Gasteiger partial charge >= 0.3 is 5.97 Å². The molecule has 0 radical (unpaired) electrons. The number of amides is 1. The van der Waals surface area contributed by atoms with Gasteiger partial charge in [0.1, 0.15) is 0 Å². The van der Waals surface area contributed by atoms with Crippen molar-refractivity contribution in [2.45, 2.75) is 12.8 Å². The van der Waals surface area contributed by atoms with Crippen LogP contribution in [-0.2, 0) is 9.53 Å². The Balaban J connectivity index is 2.35. The number of rotatable bonds is 5. The van der Waals surface area contributed by atoms with Crippen molar-refractivity contribution in [3.63, 3.8) is 0 Å². The summed E-state index contributed by atoms with van der Waals surface area (Å²) in [6.07, 6.45) is 0.875. The highest BCUT2D eigenvalue weighted by atomic mass is 16.5. The number of benzene rings is 1. The molecule has 0 aliphatic rings. The van der Waals surface area contributed by atoms with Gasteiger partial charge in [-0.1, -0.05) is 12.1 Å². The number of hydrogen-bond donors (Lipinski definition) is 1. The van der Waals surface area contributed by atoms with E-state index in [0.717, 1.165) is 0 Å². The van der Waals surface area contributed by atoms with E-state index in [1.807, 2.05) is 0 Å². The molecule has 5 heteroatoms. The van der Waals surface area contributed by atoms with Crippen LogP contribution in [0, 0.1) is 0 Å². The number of nitrogens with zero attached hydrogens (tertiary/aromatic N) is 1. The van der Waals surface area contributed by atoms with E-state index in [4.69, 9.17) is 10.5 Å². The molecule has 0 unspecified atom stereocenters. The summed E-state index contributed by atoms with van der Waals surface area (Å²) in [5.74, 6) is -0.435. The minimum atomic E-state index is -0.453. The summed E-state index contributed by atoms with van der Waals surface area (Å²) >= 11 is 0. The molecule has 0 aliphatic heterocycles. The van der Waals surface area contributed by atoms with Gasteiger partial charge in [-0.15, -0.1) is 0 Å². The smallest absolute Gasteiger partial charge is 0.340 e. The third-order valence-corrected chi connectivity index (χ3v) is 2.45. The van der Waals surface area contributed by atoms with Crippen LogP contribution in [0.2, 0.25) is 0 Å². The molecule has 0 atom stereocenters. The van der Waals surface area contributed by atoms with Gasteiger partial charge in [-0.25, -0.2) is 4.79 Å². The van der Waals surface area contributed by atoms with Gasteiger partial charge in [0, 0.05) is 26.2 Å². The molecule has 1 aromatic rings. The van der Waals surface area contributed by atoms with E-state index < -0.39 is 5.97 Å². The van der Waals surface area contributed by atoms with Crippen LogP contribution < -0.4 is 5.73 Å². The van der Waals surface area contributed by atoms with E-state index >= 15 is 0 Å². The van der Waals surface area contributed by atoms with Crippen LogP contribution >= 0.6 is 0 Å². The molecule has 0 aliphatic carbocycles. The predicted molar refractivity (Wildman–Crippen MR) is 69.1 cm³/mol. The third kappa shape index (κ3) is 4.08. The van der Waals surface area contributed by atoms with Crippen LogP contribution in [0.25, 0.3) is 0 Å². The number of nitrogens with two attached hydrogens (primary N) is 1. The topological polar surface area (TPSA) is 72.6 Å². The summed E-state index contributed by atoms with van der Waals surface area (Å²) in [5.41, 5.74) is 6.41. The van der Waals surface area contributed by atoms with E-state index in [1.54, 1.807) is 38.4 Å². The van der Waals surface area contributed by atoms with Crippen LogP contribution in [0.3, 0.4) is 0 Å². The standard InChI is InChI=1S/C13H18N2O3/c1-15(2)12(16)8-5-9-18-13(17)10-6-3-4-7-11(10)14/h3-4,6-7H,5,8-9,14H2,1-2H3. The molecule has 0 aromatic heterocycles. The van der Waals surface area contributed by atoms with Crippen LogP contribution in [0.5, 0.6) is 0 Å². The Kier molecular flexibility index (Phi) is 5.17. The van der Waals surface area contributed by atoms with E-state index in [1.165, 1.54) is 4.90 Å². The summed E-state index contributed by atoms with van der Waals surface area (Å²) in [7, 11) is 3.39. The first-order valence-electron chi connectivity index (χ1n) is 5.74. The molecule has 0 saturated heterocycles. The number of nitrogen functional groups attached to an aromatic ring is 1. The second-order valence-electron chi connectivity index (χ2n) is 4.11. The lowest BCUT2D eigenvalue weighted by Gasteiger charge is -2.10. The number of hydrogen-bond acceptors (Lipinski definition) is 4. The molecule has 2 N–H and O–H groups in total. The van der Waals surface area contributed by atoms with Gasteiger partial charge in [-0.05, 0) is 18.6 Å². The van der Waals surface area contributed by atoms with Crippen molar-refractivity contribution in [1.29, 1.82) is 0 Å². The monoisotopic (exact) mass is 250 g/mol. The van der Waals surface area contributed by atoms with Crippen molar-refractivity contribution in [2.75, 3.05) is 26.4 Å². The SMILES string of the molecule is CN(C)C(=O)CCCOC(=O)c1ccccc1N. The van der Waals surface area contributed by atoms with E-state index in [2.05, 4.69) is 0 Å². The fourth-order valence-corrected chi connectivity index (χ4v) is 1.37. The molecule has 0 fully saturated rings. The van der Waals surface area contributed by atoms with Crippen molar-refractivity contribution >= 4 is 17.6 Å². The molecule has 0 spiro atoms. The van der Waals surface area contributed by atoms with E-state index in [0.29, 0.717) is 24.1 Å². The highest BCUT2D eigenvalue weighted by Gasteiger charge is 2.10. The largest absolute Gasteiger partial charge is 0.462 e. The Bertz CT molecular complexity index is 430. The molecule has 1 rings (SSSR count). The van der Waals surface area contributed by atoms with Gasteiger partial charge in [0.15, 0.2) is 0 Å². The minimum Gasteiger partial charge on any atom is -0.462 e. The fourth-order valence-electron chi connectivity index (χ4n) is 1.37. The molecule has 1 amide bonds. The van der Waals surface area contributed by atoms with Crippen LogP contribution in [0.1, 0.15) is 23.2 Å². The number of carbonyl (C=O) groups is 2. The van der Waals surface area contributed by atoms with Crippen LogP contribution in [0.15, 0.2) is 24.3 Å². The normalized spacial score (nSPS) is 9.89. The van der Waals surface area contributed by atoms with E-state index in [9.17, 15) is 9.59 Å². The molecule has 0 heterocycles. The summed E-state index contributed by atoms with van der Waals surface area (Å²) < 4.78 is 5.05. The van der Waals surface area contributed by atoms with Crippen molar-refractivity contribution < 1.29 is 14.3 Å². The quantitative estimate of drug-likeness (QED) is 0.485. The van der Waals surface area contributed by atoms with Crippen LogP contribution in [-0.4, -0.2) is 37.5 Å². The number of esters is 1. The second-order valence-corrected chi connectivity index (χ2v) is 4.11. The maximum absolute atomic E-state index is 11.6. The Labute approximate surface area is 107 Å². The minimum absolute atomic E-state index is 0.0188. The second kappa shape index (κ2) is 6.64. The molecular weight excluding hydrogens is 232 g/mol. The lowest BCUT2D eigenvalue weighted by atomic mass is 10.2. The maximum atomic E-state index is 11.6. The zero-order valence-electron chi connectivity index (χ0n) is 10.7. The Morgan fingerprint density at radius 2 is 1.94 bits per heavy atom. The van der Waals surface area contributed by atoms with Crippen LogP contribution in [0.4, 0.5) is 5.69 Å². The summed E-state index contributed by atoms with van der Waals surface area (Å²) in [5, 5.41) is 0. The molecule has 5 nitrogen and oxygen atoms in total. The first-order valence-corrected chi connectivity index (χ1v) is 5.74. The number of carbonyl (C=O) groups excluding carboxylic acids is 2. The van der Waals surface area contributed by atoms with Crippen molar-refractivity contribution in [3.05, 3.63) is 29.8 Å². The van der Waals surface area contributed by atoms with Crippen molar-refractivity contribution in [1.82, 2.24) is 4.90 Å². The molecule has 98 valence electrons. The highest BCUT2D eigenvalue weighted by Crippen LogP contribution is 2.11. The average molecular weight is 250 g/mol. The maximum Gasteiger partial charge on any atom is 0.340 e. The Morgan fingerprint density at radius 1 is 1.28 bits per heavy atom. The Morgan fingerprint density at radius 3 is 2.56 bits per heavy atom. The fraction of sp³-hybridized carbons (Fsp3) is 0.385. The molecular formula is C13H18N2O3. The summed E-state index contributed by atoms with van der Waals surface area (Å²) in [4.78, 5) is 24.4. The summed E-state index contributed by atoms with van der Waals surface area (Å²) in [6, 6.07) is 6.74. The predicted octanol–water partition coefficient (Wildman–Crippen LogP) is 1.29. The molecule has 18 heavy (non-hydrogen) atoms. The number of para-hydroxylation sites is 1. The highest BCUT2D eigenvalue weighted by molar-refractivity contribution is 5.94. The lowest BCUT2D eigenvalue weighted by molar-refractivity contribution is -0.128. The molecule has 0 bridgehead atoms. The zero-order chi connectivity index (χ0) is 13.5. The first-order chi connectivity index (χ1) is 8.52. The molecule has 0 saturated carbocycles. The van der Waals surface area contributed by atoms with Crippen molar-refractivity contribution in [2.24, 2.45) is 0 Å². The van der Waals surface area contributed by atoms with Gasteiger partial charge in [-0.2, -0.15) is 0 Å².